The number of thioether (sulfide) groups is 2. The Kier molecular flexibility index (Phi) is 9.95. The fourth-order valence-corrected chi connectivity index (χ4v) is 6.74. The summed E-state index contributed by atoms with van der Waals surface area (Å²) in [5.41, 5.74) is 16.0. The molecule has 0 spiro atoms. The number of azide groups is 1. The zero-order valence-electron chi connectivity index (χ0n) is 18.4. The molecule has 2 amide bonds. The number of rotatable bonds is 11. The van der Waals surface area contributed by atoms with E-state index >= 15 is 0 Å². The highest BCUT2D eigenvalue weighted by molar-refractivity contribution is 8.01. The highest BCUT2D eigenvalue weighted by atomic mass is 35.5. The van der Waals surface area contributed by atoms with Crippen molar-refractivity contribution in [3.05, 3.63) is 38.3 Å². The molecule has 37 heavy (non-hydrogen) atoms. The van der Waals surface area contributed by atoms with Crippen LogP contribution in [0.25, 0.3) is 10.4 Å². The van der Waals surface area contributed by atoms with E-state index in [1.807, 2.05) is 0 Å². The second-order valence-corrected chi connectivity index (χ2v) is 11.0. The van der Waals surface area contributed by atoms with Gasteiger partial charge < -0.3 is 21.0 Å². The van der Waals surface area contributed by atoms with Crippen molar-refractivity contribution in [3.8, 4) is 0 Å². The Bertz CT molecular complexity index is 1280. The van der Waals surface area contributed by atoms with E-state index in [2.05, 4.69) is 35.7 Å². The van der Waals surface area contributed by atoms with Gasteiger partial charge in [0.2, 0.25) is 0 Å². The third-order valence-electron chi connectivity index (χ3n) is 4.73. The van der Waals surface area contributed by atoms with Crippen molar-refractivity contribution in [2.24, 2.45) is 10.3 Å². The summed E-state index contributed by atoms with van der Waals surface area (Å²) in [5, 5.41) is 28.3. The molecule has 1 fully saturated rings. The molecule has 20 heteroatoms. The van der Waals surface area contributed by atoms with Crippen LogP contribution in [0.2, 0.25) is 0 Å². The summed E-state index contributed by atoms with van der Waals surface area (Å²) in [4.78, 5) is 50.8. The van der Waals surface area contributed by atoms with Crippen molar-refractivity contribution in [1.29, 1.82) is 0 Å². The van der Waals surface area contributed by atoms with Gasteiger partial charge in [-0.3, -0.25) is 14.5 Å². The van der Waals surface area contributed by atoms with Crippen molar-refractivity contribution in [3.63, 3.8) is 0 Å². The summed E-state index contributed by atoms with van der Waals surface area (Å²) in [5.74, 6) is -1.83. The number of aromatic nitrogens is 3. The molecule has 2 aliphatic rings. The van der Waals surface area contributed by atoms with E-state index in [1.54, 1.807) is 5.51 Å². The number of thiazole rings is 1. The minimum absolute atomic E-state index is 0. The predicted molar refractivity (Wildman–Crippen MR) is 141 cm³/mol. The quantitative estimate of drug-likeness (QED) is 0.0487. The Morgan fingerprint density at radius 3 is 2.89 bits per heavy atom. The maximum Gasteiger partial charge on any atom is 0.352 e. The van der Waals surface area contributed by atoms with Crippen LogP contribution in [-0.2, 0) is 19.2 Å². The van der Waals surface area contributed by atoms with Gasteiger partial charge in [0.25, 0.3) is 11.8 Å². The number of oxime groups is 1. The van der Waals surface area contributed by atoms with Crippen LogP contribution in [0.4, 0.5) is 5.13 Å². The van der Waals surface area contributed by atoms with Gasteiger partial charge >= 0.3 is 5.97 Å². The van der Waals surface area contributed by atoms with Crippen LogP contribution < -0.4 is 11.1 Å². The maximum absolute atomic E-state index is 13.0. The highest BCUT2D eigenvalue weighted by Crippen LogP contribution is 2.41. The number of halogens is 1. The zero-order valence-corrected chi connectivity index (χ0v) is 22.5. The molecular weight excluding hydrogens is 588 g/mol. The average Bonchev–Trinajstić information content (AvgIpc) is 3.54. The topological polar surface area (TPSA) is 222 Å². The number of amides is 2. The summed E-state index contributed by atoms with van der Waals surface area (Å²) in [6, 6.07) is -0.974. The molecule has 4 heterocycles. The lowest BCUT2D eigenvalue weighted by Crippen LogP contribution is -2.71. The molecular formula is C17H17ClN10O5S4. The monoisotopic (exact) mass is 604 g/mol. The lowest BCUT2D eigenvalue weighted by atomic mass is 10.0. The Balaban J connectivity index is 0.00000380. The number of carbonyl (C=O) groups excluding carboxylic acids is 2. The molecule has 4 rings (SSSR count). The van der Waals surface area contributed by atoms with E-state index < -0.39 is 29.2 Å². The first kappa shape index (κ1) is 28.5. The third kappa shape index (κ3) is 6.43. The number of hydrogen-bond acceptors (Lipinski definition) is 14. The number of carboxylic acids is 1. The second kappa shape index (κ2) is 12.9. The SMILES string of the molecule is Cl.[N-]=[N+]=NCCON=C(C(=O)NC1C(=O)N2C(C(=O)O)=C(CSc3nncs3)CS[C@H]12)c1csc(N)n1. The first-order chi connectivity index (χ1) is 17.4. The molecule has 1 saturated heterocycles. The number of nitrogens with zero attached hydrogens (tertiary/aromatic N) is 8. The van der Waals surface area contributed by atoms with Crippen molar-refractivity contribution in [2.75, 3.05) is 30.4 Å². The van der Waals surface area contributed by atoms with Crippen molar-refractivity contribution in [2.45, 2.75) is 15.8 Å². The summed E-state index contributed by atoms with van der Waals surface area (Å²) < 4.78 is 0.690. The van der Waals surface area contributed by atoms with Crippen LogP contribution in [0.15, 0.2) is 36.8 Å². The highest BCUT2D eigenvalue weighted by Gasteiger charge is 2.54. The molecule has 1 unspecified atom stereocenters. The molecule has 0 aliphatic carbocycles. The molecule has 2 aromatic rings. The van der Waals surface area contributed by atoms with Gasteiger partial charge in [-0.1, -0.05) is 33.4 Å². The van der Waals surface area contributed by atoms with Crippen molar-refractivity contribution < 1.29 is 24.3 Å². The molecule has 2 atom stereocenters. The largest absolute Gasteiger partial charge is 0.477 e. The summed E-state index contributed by atoms with van der Waals surface area (Å²) in [7, 11) is 0. The number of carbonyl (C=O) groups is 3. The van der Waals surface area contributed by atoms with E-state index in [0.717, 1.165) is 11.3 Å². The van der Waals surface area contributed by atoms with Gasteiger partial charge in [-0.25, -0.2) is 9.78 Å². The molecule has 2 aromatic heterocycles. The van der Waals surface area contributed by atoms with Gasteiger partial charge in [-0.05, 0) is 11.1 Å². The van der Waals surface area contributed by atoms with Crippen LogP contribution in [0.1, 0.15) is 5.69 Å². The van der Waals surface area contributed by atoms with E-state index in [9.17, 15) is 19.5 Å². The maximum atomic E-state index is 13.0. The molecule has 196 valence electrons. The Morgan fingerprint density at radius 2 is 2.24 bits per heavy atom. The molecule has 15 nitrogen and oxygen atoms in total. The van der Waals surface area contributed by atoms with E-state index in [1.165, 1.54) is 45.1 Å². The van der Waals surface area contributed by atoms with E-state index in [0.29, 0.717) is 21.4 Å². The van der Waals surface area contributed by atoms with Crippen LogP contribution in [0, 0.1) is 0 Å². The van der Waals surface area contributed by atoms with Crippen molar-refractivity contribution >= 4 is 87.2 Å². The number of hydrogen-bond donors (Lipinski definition) is 3. The normalized spacial score (nSPS) is 18.8. The summed E-state index contributed by atoms with van der Waals surface area (Å²) in [6.07, 6.45) is 0. The number of β-lactam (4-membered cyclic amide) rings is 1. The zero-order chi connectivity index (χ0) is 25.7. The first-order valence-corrected chi connectivity index (χ1v) is 13.7. The fourth-order valence-electron chi connectivity index (χ4n) is 3.22. The van der Waals surface area contributed by atoms with Crippen LogP contribution in [0.5, 0.6) is 0 Å². The summed E-state index contributed by atoms with van der Waals surface area (Å²) in [6.45, 7) is -0.0907. The number of nitrogens with two attached hydrogens (primary N) is 1. The third-order valence-corrected chi connectivity index (χ3v) is 8.69. The van der Waals surface area contributed by atoms with E-state index in [-0.39, 0.29) is 47.8 Å². The average molecular weight is 605 g/mol. The Morgan fingerprint density at radius 1 is 1.43 bits per heavy atom. The fraction of sp³-hybridized carbons (Fsp3) is 0.353. The van der Waals surface area contributed by atoms with Crippen LogP contribution in [-0.4, -0.2) is 84.8 Å². The van der Waals surface area contributed by atoms with Gasteiger partial charge in [0.05, 0.1) is 6.54 Å². The van der Waals surface area contributed by atoms with Gasteiger partial charge in [0.15, 0.2) is 15.2 Å². The van der Waals surface area contributed by atoms with Crippen LogP contribution >= 0.6 is 58.6 Å². The standard InChI is InChI=1S/C17H16N10O5S4.ClH/c18-16-22-8(5-34-16)9(25-32-2-1-20-26-19)12(28)23-10-13(29)27-11(15(30)31)7(3-33-14(10)27)4-35-17-24-21-6-36-17;/h5-6,10,14H,1-4H2,(H2,18,22)(H,23,28)(H,30,31);1H/t10?,14-;/m1./s1. The molecule has 0 bridgehead atoms. The molecule has 4 N–H and O–H groups in total. The number of aliphatic carboxylic acids is 1. The minimum atomic E-state index is -1.22. The van der Waals surface area contributed by atoms with Gasteiger partial charge in [-0.15, -0.1) is 45.7 Å². The first-order valence-electron chi connectivity index (χ1n) is 9.92. The van der Waals surface area contributed by atoms with Gasteiger partial charge in [0, 0.05) is 21.8 Å². The number of nitrogen functional groups attached to an aromatic ring is 1. The molecule has 0 radical (unpaired) electrons. The molecule has 0 saturated carbocycles. The number of carboxylic acid groups (broad SMARTS) is 1. The van der Waals surface area contributed by atoms with Gasteiger partial charge in [0.1, 0.15) is 34.9 Å². The predicted octanol–water partition coefficient (Wildman–Crippen LogP) is 1.56. The Hall–Kier alpha value is -3.09. The van der Waals surface area contributed by atoms with Crippen molar-refractivity contribution in [1.82, 2.24) is 25.4 Å². The Labute approximate surface area is 230 Å². The van der Waals surface area contributed by atoms with Crippen LogP contribution in [0.3, 0.4) is 0 Å². The number of anilines is 1. The minimum Gasteiger partial charge on any atom is -0.477 e. The number of nitrogens with one attached hydrogen (secondary N) is 1. The number of fused-ring (bicyclic) bond motifs is 1. The van der Waals surface area contributed by atoms with E-state index in [4.69, 9.17) is 16.1 Å². The lowest BCUT2D eigenvalue weighted by molar-refractivity contribution is -0.150. The smallest absolute Gasteiger partial charge is 0.352 e. The lowest BCUT2D eigenvalue weighted by Gasteiger charge is -2.49. The second-order valence-electron chi connectivity index (χ2n) is 6.91. The molecule has 0 aromatic carbocycles. The summed E-state index contributed by atoms with van der Waals surface area (Å²) >= 11 is 5.11. The molecule has 2 aliphatic heterocycles. The van der Waals surface area contributed by atoms with Gasteiger partial charge in [-0.2, -0.15) is 0 Å².